The van der Waals surface area contributed by atoms with Crippen molar-refractivity contribution in [3.05, 3.63) is 127 Å². The Bertz CT molecular complexity index is 1490. The standard InChI is InChI=1S/C33H21N7/c1-7-22-19-25(10-1)38-28-13-4-15-30(34-28)39-26-11-2-8-23(20-26)37(22)24-9-3-12-27(21-24)40(31-16-5-14-29(38)35-31)33-18-6-17-32(39)36-33/h1-21H. The van der Waals surface area contributed by atoms with Crippen molar-refractivity contribution in [3.8, 4) is 0 Å². The monoisotopic (exact) mass is 515 g/mol. The third-order valence-corrected chi connectivity index (χ3v) is 7.57. The SMILES string of the molecule is c1cc2cc(c1)N1c3cccc(n3)N3c4cccc(c4)N2c2cccc(c2)N(c2cccc1n2)c1cccc3n1. The predicted octanol–water partition coefficient (Wildman–Crippen LogP) is 8.69. The van der Waals surface area contributed by atoms with Crippen molar-refractivity contribution < 1.29 is 0 Å². The number of benzene rings is 3. The van der Waals surface area contributed by atoms with Crippen LogP contribution in [0.5, 0.6) is 0 Å². The van der Waals surface area contributed by atoms with Crippen LogP contribution in [0.1, 0.15) is 0 Å². The highest BCUT2D eigenvalue weighted by atomic mass is 15.3. The molecule has 7 heteroatoms. The number of hydrogen-bond acceptors (Lipinski definition) is 7. The minimum atomic E-state index is 0.770. The summed E-state index contributed by atoms with van der Waals surface area (Å²) in [7, 11) is 0. The van der Waals surface area contributed by atoms with Crippen molar-refractivity contribution in [2.45, 2.75) is 0 Å². The molecule has 188 valence electrons. The maximum Gasteiger partial charge on any atom is 0.141 e. The summed E-state index contributed by atoms with van der Waals surface area (Å²) in [5, 5.41) is 0. The van der Waals surface area contributed by atoms with Crippen LogP contribution in [0.4, 0.5) is 69.0 Å². The van der Waals surface area contributed by atoms with E-state index in [0.29, 0.717) is 0 Å². The van der Waals surface area contributed by atoms with Crippen molar-refractivity contribution in [1.82, 2.24) is 15.0 Å². The zero-order valence-corrected chi connectivity index (χ0v) is 21.3. The first-order valence-electron chi connectivity index (χ1n) is 13.2. The van der Waals surface area contributed by atoms with Gasteiger partial charge in [0.15, 0.2) is 0 Å². The average Bonchev–Trinajstić information content (AvgIpc) is 2.98. The van der Waals surface area contributed by atoms with E-state index in [-0.39, 0.29) is 0 Å². The third-order valence-electron chi connectivity index (χ3n) is 7.57. The summed E-state index contributed by atoms with van der Waals surface area (Å²) in [5.41, 5.74) is 6.03. The van der Waals surface area contributed by atoms with Gasteiger partial charge in [0.05, 0.1) is 17.1 Å². The number of anilines is 12. The predicted molar refractivity (Wildman–Crippen MR) is 159 cm³/mol. The second-order valence-corrected chi connectivity index (χ2v) is 9.96. The first-order chi connectivity index (χ1) is 19.8. The van der Waals surface area contributed by atoms with Gasteiger partial charge in [-0.05, 0) is 91.0 Å². The molecule has 10 rings (SSSR count). The van der Waals surface area contributed by atoms with Crippen LogP contribution in [-0.4, -0.2) is 15.0 Å². The molecule has 40 heavy (non-hydrogen) atoms. The number of hydrogen-bond donors (Lipinski definition) is 0. The van der Waals surface area contributed by atoms with E-state index in [2.05, 4.69) is 92.4 Å². The van der Waals surface area contributed by atoms with Crippen molar-refractivity contribution >= 4 is 69.0 Å². The first kappa shape index (κ1) is 21.3. The van der Waals surface area contributed by atoms with E-state index in [9.17, 15) is 0 Å². The zero-order chi connectivity index (χ0) is 26.2. The molecule has 0 saturated carbocycles. The molecular weight excluding hydrogens is 494 g/mol. The summed E-state index contributed by atoms with van der Waals surface area (Å²) in [4.78, 5) is 24.3. The van der Waals surface area contributed by atoms with Crippen LogP contribution in [0, 0.1) is 0 Å². The van der Waals surface area contributed by atoms with Crippen LogP contribution >= 0.6 is 0 Å². The van der Waals surface area contributed by atoms with Gasteiger partial charge < -0.3 is 4.90 Å². The van der Waals surface area contributed by atoms with Gasteiger partial charge in [0.2, 0.25) is 0 Å². The molecule has 4 aliphatic heterocycles. The zero-order valence-electron chi connectivity index (χ0n) is 21.3. The van der Waals surface area contributed by atoms with Crippen molar-refractivity contribution in [3.63, 3.8) is 0 Å². The molecule has 0 radical (unpaired) electrons. The quantitative estimate of drug-likeness (QED) is 0.200. The molecule has 7 nitrogen and oxygen atoms in total. The number of rotatable bonds is 0. The summed E-state index contributed by atoms with van der Waals surface area (Å²) in [6.45, 7) is 0. The van der Waals surface area contributed by atoms with Gasteiger partial charge >= 0.3 is 0 Å². The van der Waals surface area contributed by atoms with Crippen molar-refractivity contribution in [2.24, 2.45) is 0 Å². The Morgan fingerprint density at radius 1 is 0.275 bits per heavy atom. The Balaban J connectivity index is 1.54. The smallest absolute Gasteiger partial charge is 0.141 e. The van der Waals surface area contributed by atoms with Crippen molar-refractivity contribution in [1.29, 1.82) is 0 Å². The molecule has 0 atom stereocenters. The van der Waals surface area contributed by atoms with Crippen LogP contribution in [0.15, 0.2) is 127 Å². The second kappa shape index (κ2) is 7.91. The number of pyridine rings is 3. The summed E-state index contributed by atoms with van der Waals surface area (Å²) >= 11 is 0. The van der Waals surface area contributed by atoms with Gasteiger partial charge in [-0.1, -0.05) is 36.4 Å². The number of nitrogens with zero attached hydrogens (tertiary/aromatic N) is 7. The van der Waals surface area contributed by atoms with Crippen LogP contribution in [0.3, 0.4) is 0 Å². The van der Waals surface area contributed by atoms with E-state index in [0.717, 1.165) is 69.0 Å². The fraction of sp³-hybridized carbons (Fsp3) is 0. The highest BCUT2D eigenvalue weighted by Gasteiger charge is 2.27. The topological polar surface area (TPSA) is 51.6 Å². The van der Waals surface area contributed by atoms with Gasteiger partial charge in [0, 0.05) is 17.1 Å². The van der Waals surface area contributed by atoms with Crippen molar-refractivity contribution in [2.75, 3.05) is 19.6 Å². The molecule has 0 N–H and O–H groups in total. The highest BCUT2D eigenvalue weighted by Crippen LogP contribution is 2.47. The molecular formula is C33H21N7. The number of aromatic nitrogens is 3. The van der Waals surface area contributed by atoms with E-state index in [4.69, 9.17) is 15.0 Å². The Morgan fingerprint density at radius 3 is 0.775 bits per heavy atom. The minimum Gasteiger partial charge on any atom is -0.310 e. The van der Waals surface area contributed by atoms with E-state index in [1.165, 1.54) is 0 Å². The lowest BCUT2D eigenvalue weighted by Gasteiger charge is -2.34. The van der Waals surface area contributed by atoms with Gasteiger partial charge in [-0.2, -0.15) is 0 Å². The Kier molecular flexibility index (Phi) is 4.20. The second-order valence-electron chi connectivity index (χ2n) is 9.96. The molecule has 16 bridgehead atoms. The van der Waals surface area contributed by atoms with Crippen LogP contribution in [0.2, 0.25) is 0 Å². The lowest BCUT2D eigenvalue weighted by atomic mass is 10.1. The average molecular weight is 516 g/mol. The summed E-state index contributed by atoms with van der Waals surface area (Å²) in [6, 6.07) is 44.0. The molecule has 0 spiro atoms. The third kappa shape index (κ3) is 3.03. The molecule has 6 aromatic rings. The van der Waals surface area contributed by atoms with E-state index < -0.39 is 0 Å². The Morgan fingerprint density at radius 2 is 0.500 bits per heavy atom. The van der Waals surface area contributed by atoms with Gasteiger partial charge in [-0.3, -0.25) is 14.7 Å². The van der Waals surface area contributed by atoms with Gasteiger partial charge in [0.1, 0.15) is 34.9 Å². The highest BCUT2D eigenvalue weighted by molar-refractivity contribution is 5.89. The molecule has 7 heterocycles. The van der Waals surface area contributed by atoms with Gasteiger partial charge in [-0.15, -0.1) is 0 Å². The molecule has 3 aromatic carbocycles. The van der Waals surface area contributed by atoms with Crippen LogP contribution in [0.25, 0.3) is 0 Å². The van der Waals surface area contributed by atoms with E-state index in [1.807, 2.05) is 54.6 Å². The fourth-order valence-corrected chi connectivity index (χ4v) is 5.89. The molecule has 0 unspecified atom stereocenters. The molecule has 0 amide bonds. The van der Waals surface area contributed by atoms with Gasteiger partial charge in [0.25, 0.3) is 0 Å². The molecule has 0 fully saturated rings. The Hall–Kier alpha value is -5.69. The first-order valence-corrected chi connectivity index (χ1v) is 13.2. The Labute approximate surface area is 230 Å². The molecule has 4 aliphatic rings. The lowest BCUT2D eigenvalue weighted by molar-refractivity contribution is 1.04. The molecule has 0 aliphatic carbocycles. The van der Waals surface area contributed by atoms with Gasteiger partial charge in [-0.25, -0.2) is 15.0 Å². The maximum absolute atomic E-state index is 5.22. The summed E-state index contributed by atoms with van der Waals surface area (Å²) in [6.07, 6.45) is 0. The summed E-state index contributed by atoms with van der Waals surface area (Å²) in [5.74, 6) is 4.62. The fourth-order valence-electron chi connectivity index (χ4n) is 5.89. The molecule has 0 saturated heterocycles. The van der Waals surface area contributed by atoms with Crippen LogP contribution < -0.4 is 19.6 Å². The summed E-state index contributed by atoms with van der Waals surface area (Å²) < 4.78 is 0. The van der Waals surface area contributed by atoms with Crippen LogP contribution in [-0.2, 0) is 0 Å². The lowest BCUT2D eigenvalue weighted by Crippen LogP contribution is -2.22. The largest absolute Gasteiger partial charge is 0.310 e. The maximum atomic E-state index is 5.22. The normalized spacial score (nSPS) is 13.8. The minimum absolute atomic E-state index is 0.770. The molecule has 3 aromatic heterocycles. The van der Waals surface area contributed by atoms with E-state index in [1.54, 1.807) is 0 Å². The van der Waals surface area contributed by atoms with E-state index >= 15 is 0 Å².